The van der Waals surface area contributed by atoms with Crippen molar-refractivity contribution >= 4 is 5.91 Å². The Morgan fingerprint density at radius 3 is 2.32 bits per heavy atom. The molecule has 0 aromatic rings. The third-order valence-corrected chi connectivity index (χ3v) is 6.46. The first-order valence-corrected chi connectivity index (χ1v) is 7.99. The van der Waals surface area contributed by atoms with Gasteiger partial charge in [0.25, 0.3) is 0 Å². The summed E-state index contributed by atoms with van der Waals surface area (Å²) in [5.41, 5.74) is 6.20. The second-order valence-electron chi connectivity index (χ2n) is 8.49. The van der Waals surface area contributed by atoms with E-state index in [-0.39, 0.29) is 11.0 Å². The van der Waals surface area contributed by atoms with Crippen molar-refractivity contribution in [2.45, 2.75) is 63.8 Å². The van der Waals surface area contributed by atoms with Crippen LogP contribution in [0.3, 0.4) is 0 Å². The Morgan fingerprint density at radius 2 is 1.84 bits per heavy atom. The molecule has 5 saturated carbocycles. The molecular weight excluding hydrogens is 236 g/mol. The molecule has 2 unspecified atom stereocenters. The third kappa shape index (κ3) is 1.77. The maximum Gasteiger partial charge on any atom is 0.226 e. The van der Waals surface area contributed by atoms with E-state index in [0.29, 0.717) is 17.9 Å². The van der Waals surface area contributed by atoms with E-state index >= 15 is 0 Å². The van der Waals surface area contributed by atoms with Crippen molar-refractivity contribution in [2.75, 3.05) is 6.54 Å². The zero-order valence-electron chi connectivity index (χ0n) is 12.0. The first-order valence-electron chi connectivity index (χ1n) is 7.99. The van der Waals surface area contributed by atoms with Crippen LogP contribution >= 0.6 is 0 Å². The van der Waals surface area contributed by atoms with Crippen LogP contribution in [-0.2, 0) is 4.79 Å². The van der Waals surface area contributed by atoms with E-state index in [1.165, 1.54) is 19.3 Å². The highest BCUT2D eigenvalue weighted by molar-refractivity contribution is 5.84. The van der Waals surface area contributed by atoms with E-state index < -0.39 is 0 Å². The highest BCUT2D eigenvalue weighted by Crippen LogP contribution is 2.65. The van der Waals surface area contributed by atoms with E-state index in [2.05, 4.69) is 12.2 Å². The Balaban J connectivity index is 1.58. The van der Waals surface area contributed by atoms with Gasteiger partial charge in [-0.15, -0.1) is 0 Å². The van der Waals surface area contributed by atoms with E-state index in [1.54, 1.807) is 0 Å². The average Bonchev–Trinajstić information content (AvgIpc) is 3.06. The van der Waals surface area contributed by atoms with Gasteiger partial charge >= 0.3 is 0 Å². The van der Waals surface area contributed by atoms with Gasteiger partial charge in [-0.25, -0.2) is 0 Å². The van der Waals surface area contributed by atoms with Gasteiger partial charge in [0, 0.05) is 6.54 Å². The summed E-state index contributed by atoms with van der Waals surface area (Å²) in [5, 5.41) is 3.33. The van der Waals surface area contributed by atoms with Crippen molar-refractivity contribution in [1.29, 1.82) is 0 Å². The SMILES string of the molecule is CC12CC3CC(C1)CC(C(=O)NC1(CN)CC1)(C3)C2. The average molecular weight is 262 g/mol. The first kappa shape index (κ1) is 12.2. The Morgan fingerprint density at radius 1 is 1.21 bits per heavy atom. The van der Waals surface area contributed by atoms with Crippen LogP contribution in [0.25, 0.3) is 0 Å². The number of carbonyl (C=O) groups is 1. The standard InChI is InChI=1S/C16H26N2O/c1-14-5-11-4-12(6-14)8-15(7-11,9-14)13(19)18-16(10-17)2-3-16/h11-12H,2-10,17H2,1H3,(H,18,19). The molecule has 4 bridgehead atoms. The lowest BCUT2D eigenvalue weighted by atomic mass is 9.44. The fourth-order valence-electron chi connectivity index (χ4n) is 5.89. The minimum absolute atomic E-state index is 0.0265. The van der Waals surface area contributed by atoms with Gasteiger partial charge in [0.15, 0.2) is 0 Å². The maximum absolute atomic E-state index is 12.9. The van der Waals surface area contributed by atoms with Crippen LogP contribution in [0.1, 0.15) is 58.3 Å². The lowest BCUT2D eigenvalue weighted by Crippen LogP contribution is -2.59. The summed E-state index contributed by atoms with van der Waals surface area (Å²) in [6, 6.07) is 0. The lowest BCUT2D eigenvalue weighted by Gasteiger charge is -2.60. The third-order valence-electron chi connectivity index (χ3n) is 6.46. The Hall–Kier alpha value is -0.570. The molecular formula is C16H26N2O. The summed E-state index contributed by atoms with van der Waals surface area (Å²) in [5.74, 6) is 1.96. The molecule has 0 saturated heterocycles. The van der Waals surface area contributed by atoms with Gasteiger partial charge in [0.1, 0.15) is 0 Å². The monoisotopic (exact) mass is 262 g/mol. The quantitative estimate of drug-likeness (QED) is 0.819. The van der Waals surface area contributed by atoms with Crippen molar-refractivity contribution in [3.8, 4) is 0 Å². The molecule has 0 aliphatic heterocycles. The lowest BCUT2D eigenvalue weighted by molar-refractivity contribution is -0.156. The van der Waals surface area contributed by atoms with Crippen LogP contribution in [0, 0.1) is 22.7 Å². The van der Waals surface area contributed by atoms with E-state index in [9.17, 15) is 4.79 Å². The molecule has 3 heteroatoms. The van der Waals surface area contributed by atoms with Crippen LogP contribution in [-0.4, -0.2) is 18.0 Å². The van der Waals surface area contributed by atoms with Crippen LogP contribution in [0.5, 0.6) is 0 Å². The Bertz CT molecular complexity index is 412. The van der Waals surface area contributed by atoms with Gasteiger partial charge in [-0.1, -0.05) is 6.92 Å². The smallest absolute Gasteiger partial charge is 0.226 e. The van der Waals surface area contributed by atoms with Crippen molar-refractivity contribution in [1.82, 2.24) is 5.32 Å². The van der Waals surface area contributed by atoms with Crippen LogP contribution < -0.4 is 11.1 Å². The second-order valence-corrected chi connectivity index (χ2v) is 8.49. The molecule has 0 aromatic carbocycles. The molecule has 1 amide bonds. The molecule has 19 heavy (non-hydrogen) atoms. The summed E-state index contributed by atoms with van der Waals surface area (Å²) in [6.07, 6.45) is 9.68. The van der Waals surface area contributed by atoms with Gasteiger partial charge in [-0.2, -0.15) is 0 Å². The summed E-state index contributed by atoms with van der Waals surface area (Å²) in [7, 11) is 0. The number of carbonyl (C=O) groups excluding carboxylic acids is 1. The fraction of sp³-hybridized carbons (Fsp3) is 0.938. The molecule has 0 radical (unpaired) electrons. The highest BCUT2D eigenvalue weighted by Gasteiger charge is 2.60. The Labute approximate surface area is 115 Å². The van der Waals surface area contributed by atoms with Crippen molar-refractivity contribution in [3.63, 3.8) is 0 Å². The molecule has 0 spiro atoms. The summed E-state index contributed by atoms with van der Waals surface area (Å²) >= 11 is 0. The molecule has 5 aliphatic rings. The summed E-state index contributed by atoms with van der Waals surface area (Å²) in [6.45, 7) is 3.03. The molecule has 0 aromatic heterocycles. The molecule has 5 fully saturated rings. The van der Waals surface area contributed by atoms with Gasteiger partial charge in [-0.3, -0.25) is 4.79 Å². The van der Waals surface area contributed by atoms with Crippen LogP contribution in [0.15, 0.2) is 0 Å². The number of amides is 1. The van der Waals surface area contributed by atoms with Crippen molar-refractivity contribution in [2.24, 2.45) is 28.4 Å². The molecule has 3 nitrogen and oxygen atoms in total. The molecule has 106 valence electrons. The number of hydrogen-bond donors (Lipinski definition) is 2. The Kier molecular flexibility index (Phi) is 2.27. The first-order chi connectivity index (χ1) is 8.97. The minimum atomic E-state index is -0.0381. The van der Waals surface area contributed by atoms with E-state index in [0.717, 1.165) is 43.9 Å². The molecule has 5 rings (SSSR count). The minimum Gasteiger partial charge on any atom is -0.349 e. The number of nitrogens with two attached hydrogens (primary N) is 1. The maximum atomic E-state index is 12.9. The zero-order valence-corrected chi connectivity index (χ0v) is 12.0. The highest BCUT2D eigenvalue weighted by atomic mass is 16.2. The zero-order chi connectivity index (χ0) is 13.3. The normalized spacial score (nSPS) is 49.2. The fourth-order valence-corrected chi connectivity index (χ4v) is 5.89. The molecule has 5 aliphatic carbocycles. The number of nitrogens with one attached hydrogen (secondary N) is 1. The molecule has 2 atom stereocenters. The van der Waals surface area contributed by atoms with Crippen LogP contribution in [0.4, 0.5) is 0 Å². The van der Waals surface area contributed by atoms with E-state index in [1.807, 2.05) is 0 Å². The second kappa shape index (κ2) is 3.55. The molecule has 3 N–H and O–H groups in total. The molecule has 0 heterocycles. The van der Waals surface area contributed by atoms with Gasteiger partial charge < -0.3 is 11.1 Å². The largest absolute Gasteiger partial charge is 0.349 e. The van der Waals surface area contributed by atoms with Gasteiger partial charge in [0.05, 0.1) is 11.0 Å². The predicted molar refractivity (Wildman–Crippen MR) is 74.4 cm³/mol. The predicted octanol–water partition coefficient (Wildman–Crippen LogP) is 2.20. The van der Waals surface area contributed by atoms with Crippen molar-refractivity contribution in [3.05, 3.63) is 0 Å². The summed E-state index contributed by atoms with van der Waals surface area (Å²) in [4.78, 5) is 12.9. The topological polar surface area (TPSA) is 55.1 Å². The van der Waals surface area contributed by atoms with Crippen LogP contribution in [0.2, 0.25) is 0 Å². The summed E-state index contributed by atoms with van der Waals surface area (Å²) < 4.78 is 0. The van der Waals surface area contributed by atoms with E-state index in [4.69, 9.17) is 5.73 Å². The number of hydrogen-bond acceptors (Lipinski definition) is 2. The van der Waals surface area contributed by atoms with Gasteiger partial charge in [0.2, 0.25) is 5.91 Å². The van der Waals surface area contributed by atoms with Gasteiger partial charge in [-0.05, 0) is 68.6 Å². The van der Waals surface area contributed by atoms with Crippen molar-refractivity contribution < 1.29 is 4.79 Å². The number of rotatable bonds is 3.